The molecule has 3 heteroatoms. The zero-order valence-electron chi connectivity index (χ0n) is 7.40. The molecule has 11 heavy (non-hydrogen) atoms. The predicted molar refractivity (Wildman–Crippen MR) is 41.8 cm³/mol. The summed E-state index contributed by atoms with van der Waals surface area (Å²) in [5, 5.41) is 11.6. The summed E-state index contributed by atoms with van der Waals surface area (Å²) < 4.78 is 0. The summed E-state index contributed by atoms with van der Waals surface area (Å²) >= 11 is 0. The largest absolute Gasteiger partial charge is 2.00 e. The first-order chi connectivity index (χ1) is 4.15. The van der Waals surface area contributed by atoms with E-state index >= 15 is 0 Å². The van der Waals surface area contributed by atoms with Gasteiger partial charge in [-0.25, -0.2) is 0 Å². The molecule has 0 N–H and O–H groups in total. The minimum atomic E-state index is -0.556. The van der Waals surface area contributed by atoms with Gasteiger partial charge in [-0.2, -0.15) is 0 Å². The fourth-order valence-electron chi connectivity index (χ4n) is 1.55. The van der Waals surface area contributed by atoms with Crippen molar-refractivity contribution in [3.8, 4) is 0 Å². The van der Waals surface area contributed by atoms with E-state index in [1.165, 1.54) is 0 Å². The van der Waals surface area contributed by atoms with Crippen molar-refractivity contribution >= 4 is 23.1 Å². The minimum absolute atomic E-state index is 0. The molecule has 0 bridgehead atoms. The first kappa shape index (κ1) is 14.7. The SMILES string of the molecule is CC(C)C1([O-])CCCC1.[Br-].[Mg+2]. The van der Waals surface area contributed by atoms with Crippen LogP contribution in [0.15, 0.2) is 0 Å². The van der Waals surface area contributed by atoms with Crippen LogP contribution in [0.4, 0.5) is 0 Å². The number of halogens is 1. The quantitative estimate of drug-likeness (QED) is 0.476. The Kier molecular flexibility index (Phi) is 7.74. The maximum absolute atomic E-state index is 11.6. The van der Waals surface area contributed by atoms with Gasteiger partial charge in [0, 0.05) is 0 Å². The monoisotopic (exact) mass is 230 g/mol. The van der Waals surface area contributed by atoms with Gasteiger partial charge in [0.2, 0.25) is 0 Å². The van der Waals surface area contributed by atoms with Crippen LogP contribution in [0.25, 0.3) is 0 Å². The molecule has 0 atom stereocenters. The van der Waals surface area contributed by atoms with E-state index in [1.807, 2.05) is 13.8 Å². The van der Waals surface area contributed by atoms with Crippen LogP contribution in [-0.4, -0.2) is 28.7 Å². The Morgan fingerprint density at radius 1 is 1.18 bits per heavy atom. The standard InChI is InChI=1S/C8H15O.BrH.Mg/c1-7(2)8(9)5-3-4-6-8;;/h7H,3-6H2,1-2H3;1H;/q-1;;+2/p-1. The van der Waals surface area contributed by atoms with Crippen molar-refractivity contribution in [2.24, 2.45) is 5.92 Å². The van der Waals surface area contributed by atoms with Crippen molar-refractivity contribution < 1.29 is 22.1 Å². The molecule has 0 spiro atoms. The summed E-state index contributed by atoms with van der Waals surface area (Å²) in [5.41, 5.74) is -0.556. The number of hydrogen-bond acceptors (Lipinski definition) is 1. The molecular weight excluding hydrogens is 216 g/mol. The first-order valence-corrected chi connectivity index (χ1v) is 3.85. The van der Waals surface area contributed by atoms with Gasteiger partial charge in [-0.1, -0.05) is 45.4 Å². The molecule has 0 radical (unpaired) electrons. The molecule has 1 saturated carbocycles. The van der Waals surface area contributed by atoms with Gasteiger partial charge in [-0.3, -0.25) is 0 Å². The molecule has 0 aromatic rings. The maximum Gasteiger partial charge on any atom is 2.00 e. The molecule has 0 amide bonds. The third-order valence-electron chi connectivity index (χ3n) is 2.50. The van der Waals surface area contributed by atoms with Crippen molar-refractivity contribution in [3.05, 3.63) is 0 Å². The number of rotatable bonds is 1. The molecule has 1 nitrogen and oxygen atoms in total. The fraction of sp³-hybridized carbons (Fsp3) is 1.00. The average Bonchev–Trinajstić information content (AvgIpc) is 2.16. The first-order valence-electron chi connectivity index (χ1n) is 3.85. The van der Waals surface area contributed by atoms with Gasteiger partial charge in [0.15, 0.2) is 0 Å². The molecule has 0 heterocycles. The van der Waals surface area contributed by atoms with Crippen LogP contribution in [0.3, 0.4) is 0 Å². The number of hydrogen-bond donors (Lipinski definition) is 0. The molecule has 62 valence electrons. The topological polar surface area (TPSA) is 23.1 Å². The summed E-state index contributed by atoms with van der Waals surface area (Å²) in [6, 6.07) is 0. The van der Waals surface area contributed by atoms with Crippen LogP contribution in [0.2, 0.25) is 0 Å². The molecule has 0 unspecified atom stereocenters. The van der Waals surface area contributed by atoms with E-state index in [4.69, 9.17) is 0 Å². The van der Waals surface area contributed by atoms with Crippen molar-refractivity contribution in [2.45, 2.75) is 45.1 Å². The van der Waals surface area contributed by atoms with Gasteiger partial charge in [-0.15, -0.1) is 5.60 Å². The van der Waals surface area contributed by atoms with Crippen molar-refractivity contribution in [2.75, 3.05) is 0 Å². The normalized spacial score (nSPS) is 20.7. The molecule has 1 fully saturated rings. The molecule has 0 aromatic carbocycles. The molecule has 0 aliphatic heterocycles. The molecule has 1 aliphatic carbocycles. The molecule has 1 aliphatic rings. The Morgan fingerprint density at radius 3 is 1.73 bits per heavy atom. The molecular formula is C8H15BrMgO. The second-order valence-corrected chi connectivity index (χ2v) is 3.43. The van der Waals surface area contributed by atoms with E-state index in [-0.39, 0.29) is 40.0 Å². The summed E-state index contributed by atoms with van der Waals surface area (Å²) in [5.74, 6) is 0.333. The Bertz CT molecular complexity index is 100. The van der Waals surface area contributed by atoms with Gasteiger partial charge in [0.05, 0.1) is 0 Å². The van der Waals surface area contributed by atoms with E-state index in [0.29, 0.717) is 5.92 Å². The Morgan fingerprint density at radius 2 is 1.55 bits per heavy atom. The Balaban J connectivity index is 0. The van der Waals surface area contributed by atoms with Gasteiger partial charge in [0.25, 0.3) is 0 Å². The molecule has 1 rings (SSSR count). The van der Waals surface area contributed by atoms with Crippen LogP contribution < -0.4 is 22.1 Å². The Labute approximate surface area is 95.9 Å². The van der Waals surface area contributed by atoms with Crippen LogP contribution >= 0.6 is 0 Å². The predicted octanol–water partition coefficient (Wildman–Crippen LogP) is -2.06. The fourth-order valence-corrected chi connectivity index (χ4v) is 1.55. The van der Waals surface area contributed by atoms with Crippen LogP contribution in [0.5, 0.6) is 0 Å². The van der Waals surface area contributed by atoms with E-state index in [2.05, 4.69) is 0 Å². The summed E-state index contributed by atoms with van der Waals surface area (Å²) in [4.78, 5) is 0. The van der Waals surface area contributed by atoms with E-state index in [0.717, 1.165) is 25.7 Å². The van der Waals surface area contributed by atoms with E-state index in [9.17, 15) is 5.11 Å². The van der Waals surface area contributed by atoms with Crippen molar-refractivity contribution in [3.63, 3.8) is 0 Å². The van der Waals surface area contributed by atoms with Crippen molar-refractivity contribution in [1.82, 2.24) is 0 Å². The summed E-state index contributed by atoms with van der Waals surface area (Å²) in [6.07, 6.45) is 4.12. The van der Waals surface area contributed by atoms with Crippen LogP contribution in [-0.2, 0) is 0 Å². The average molecular weight is 231 g/mol. The summed E-state index contributed by atoms with van der Waals surface area (Å²) in [7, 11) is 0. The second-order valence-electron chi connectivity index (χ2n) is 3.43. The molecule has 0 aromatic heterocycles. The minimum Gasteiger partial charge on any atom is -1.00 e. The maximum atomic E-state index is 11.6. The smallest absolute Gasteiger partial charge is 1.00 e. The van der Waals surface area contributed by atoms with E-state index in [1.54, 1.807) is 0 Å². The van der Waals surface area contributed by atoms with Crippen LogP contribution in [0, 0.1) is 5.92 Å². The zero-order valence-corrected chi connectivity index (χ0v) is 10.4. The van der Waals surface area contributed by atoms with Gasteiger partial charge in [0.1, 0.15) is 0 Å². The molecule has 0 saturated heterocycles. The van der Waals surface area contributed by atoms with Gasteiger partial charge in [-0.05, 0) is 0 Å². The van der Waals surface area contributed by atoms with Crippen LogP contribution in [0.1, 0.15) is 39.5 Å². The van der Waals surface area contributed by atoms with Crippen molar-refractivity contribution in [1.29, 1.82) is 0 Å². The Hall–Kier alpha value is 1.21. The van der Waals surface area contributed by atoms with E-state index < -0.39 is 5.60 Å². The third kappa shape index (κ3) is 3.62. The summed E-state index contributed by atoms with van der Waals surface area (Å²) in [6.45, 7) is 4.08. The van der Waals surface area contributed by atoms with Gasteiger partial charge >= 0.3 is 23.1 Å². The second kappa shape index (κ2) is 5.78. The zero-order chi connectivity index (χ0) is 6.91. The van der Waals surface area contributed by atoms with Gasteiger partial charge < -0.3 is 22.1 Å². The third-order valence-corrected chi connectivity index (χ3v) is 2.50.